The van der Waals surface area contributed by atoms with Gasteiger partial charge in [-0.05, 0) is 97.8 Å². The van der Waals surface area contributed by atoms with Gasteiger partial charge in [0.25, 0.3) is 0 Å². The first-order valence-electron chi connectivity index (χ1n) is 14.7. The van der Waals surface area contributed by atoms with Gasteiger partial charge in [-0.25, -0.2) is 9.97 Å². The van der Waals surface area contributed by atoms with Crippen LogP contribution in [-0.4, -0.2) is 33.5 Å². The zero-order chi connectivity index (χ0) is 28.9. The van der Waals surface area contributed by atoms with Crippen LogP contribution in [0.2, 0.25) is 0 Å². The van der Waals surface area contributed by atoms with Gasteiger partial charge in [-0.3, -0.25) is 0 Å². The number of nitrogens with one attached hydrogen (secondary N) is 4. The fourth-order valence-corrected chi connectivity index (χ4v) is 5.92. The minimum absolute atomic E-state index is 0.257. The molecule has 212 valence electrons. The van der Waals surface area contributed by atoms with Crippen LogP contribution in [0.1, 0.15) is 67.5 Å². The fourth-order valence-electron chi connectivity index (χ4n) is 5.92. The highest BCUT2D eigenvalue weighted by Gasteiger charge is 2.20. The Morgan fingerprint density at radius 1 is 0.927 bits per heavy atom. The lowest BCUT2D eigenvalue weighted by Crippen LogP contribution is -2.17. The highest BCUT2D eigenvalue weighted by Crippen LogP contribution is 2.35. The number of aromatic amines is 2. The molecule has 0 radical (unpaired) electrons. The van der Waals surface area contributed by atoms with E-state index < -0.39 is 0 Å². The standard InChI is InChI=1S/C33H38N6.C2H4/c1-5-7-28(34-4)32-36-19-31(39-32)23-11-9-22(10-12-23)25-14-15-26(21(3)20(25)2)24-13-16-27-30(18-24)38-33(37-27)29-8-6-17-35-29;1-2/h9-16,18-19,28-29,34-35H,5-8,17H2,1-4H3,(H,36,39)(H,37,38);1-2H2. The first kappa shape index (κ1) is 28.5. The molecule has 0 spiro atoms. The van der Waals surface area contributed by atoms with Crippen molar-refractivity contribution in [1.29, 1.82) is 0 Å². The van der Waals surface area contributed by atoms with Crippen molar-refractivity contribution in [2.24, 2.45) is 0 Å². The summed E-state index contributed by atoms with van der Waals surface area (Å²) in [7, 11) is 1.99. The van der Waals surface area contributed by atoms with Gasteiger partial charge in [0.15, 0.2) is 0 Å². The molecule has 6 nitrogen and oxygen atoms in total. The fraction of sp³-hybridized carbons (Fsp3) is 0.314. The number of benzene rings is 3. The third-order valence-electron chi connectivity index (χ3n) is 8.35. The maximum absolute atomic E-state index is 4.85. The molecule has 1 saturated heterocycles. The molecule has 6 rings (SSSR count). The van der Waals surface area contributed by atoms with Crippen molar-refractivity contribution in [3.05, 3.63) is 96.7 Å². The van der Waals surface area contributed by atoms with Gasteiger partial charge in [0.2, 0.25) is 0 Å². The Kier molecular flexibility index (Phi) is 8.81. The summed E-state index contributed by atoms with van der Waals surface area (Å²) in [5, 5.41) is 6.90. The van der Waals surface area contributed by atoms with Crippen molar-refractivity contribution < 1.29 is 0 Å². The minimum atomic E-state index is 0.257. The highest BCUT2D eigenvalue weighted by atomic mass is 15.0. The molecule has 0 aliphatic carbocycles. The van der Waals surface area contributed by atoms with Crippen LogP contribution < -0.4 is 10.6 Å². The van der Waals surface area contributed by atoms with E-state index in [0.717, 1.165) is 59.7 Å². The maximum Gasteiger partial charge on any atom is 0.124 e. The van der Waals surface area contributed by atoms with E-state index in [-0.39, 0.29) is 6.04 Å². The summed E-state index contributed by atoms with van der Waals surface area (Å²) in [6.07, 6.45) is 6.47. The van der Waals surface area contributed by atoms with Crippen LogP contribution in [0.25, 0.3) is 44.5 Å². The summed E-state index contributed by atoms with van der Waals surface area (Å²) in [5.74, 6) is 2.06. The van der Waals surface area contributed by atoms with Crippen LogP contribution in [-0.2, 0) is 0 Å². The molecule has 2 atom stereocenters. The van der Waals surface area contributed by atoms with Crippen molar-refractivity contribution in [3.8, 4) is 33.5 Å². The van der Waals surface area contributed by atoms with Gasteiger partial charge < -0.3 is 20.6 Å². The topological polar surface area (TPSA) is 81.4 Å². The number of fused-ring (bicyclic) bond motifs is 1. The molecular weight excluding hydrogens is 504 g/mol. The van der Waals surface area contributed by atoms with Gasteiger partial charge in [-0.15, -0.1) is 13.2 Å². The van der Waals surface area contributed by atoms with Gasteiger partial charge in [0.1, 0.15) is 11.6 Å². The lowest BCUT2D eigenvalue weighted by atomic mass is 9.90. The predicted octanol–water partition coefficient (Wildman–Crippen LogP) is 8.19. The third-order valence-corrected chi connectivity index (χ3v) is 8.35. The molecule has 4 N–H and O–H groups in total. The minimum Gasteiger partial charge on any atom is -0.341 e. The molecule has 1 aliphatic heterocycles. The van der Waals surface area contributed by atoms with Crippen LogP contribution in [0.5, 0.6) is 0 Å². The molecule has 0 bridgehead atoms. The van der Waals surface area contributed by atoms with Crippen molar-refractivity contribution in [2.75, 3.05) is 13.6 Å². The molecular formula is C35H42N6. The molecule has 3 aromatic carbocycles. The van der Waals surface area contributed by atoms with E-state index in [1.54, 1.807) is 0 Å². The second-order valence-corrected chi connectivity index (χ2v) is 10.8. The molecule has 3 heterocycles. The van der Waals surface area contributed by atoms with Gasteiger partial charge >= 0.3 is 0 Å². The van der Waals surface area contributed by atoms with Gasteiger partial charge in [0.05, 0.1) is 35.0 Å². The van der Waals surface area contributed by atoms with Crippen molar-refractivity contribution >= 4 is 11.0 Å². The van der Waals surface area contributed by atoms with Crippen molar-refractivity contribution in [3.63, 3.8) is 0 Å². The molecule has 2 aromatic heterocycles. The van der Waals surface area contributed by atoms with E-state index in [4.69, 9.17) is 4.98 Å². The Balaban J connectivity index is 0.00000165. The molecule has 5 aromatic rings. The zero-order valence-electron chi connectivity index (χ0n) is 24.8. The molecule has 41 heavy (non-hydrogen) atoms. The zero-order valence-corrected chi connectivity index (χ0v) is 24.8. The summed E-state index contributed by atoms with van der Waals surface area (Å²) in [6.45, 7) is 13.7. The molecule has 1 aliphatic rings. The average Bonchev–Trinajstić information content (AvgIpc) is 3.79. The van der Waals surface area contributed by atoms with Crippen LogP contribution in [0, 0.1) is 13.8 Å². The molecule has 0 saturated carbocycles. The molecule has 6 heteroatoms. The number of hydrogen-bond donors (Lipinski definition) is 4. The predicted molar refractivity (Wildman–Crippen MR) is 172 cm³/mol. The van der Waals surface area contributed by atoms with E-state index in [1.807, 2.05) is 13.2 Å². The number of imidazole rings is 2. The summed E-state index contributed by atoms with van der Waals surface area (Å²) in [4.78, 5) is 16.6. The Hall–Kier alpha value is -4.00. The highest BCUT2D eigenvalue weighted by molar-refractivity contribution is 5.85. The summed E-state index contributed by atoms with van der Waals surface area (Å²) in [5.41, 5.74) is 11.9. The van der Waals surface area contributed by atoms with Gasteiger partial charge in [-0.2, -0.15) is 0 Å². The van der Waals surface area contributed by atoms with E-state index in [9.17, 15) is 0 Å². The van der Waals surface area contributed by atoms with Crippen molar-refractivity contribution in [2.45, 2.75) is 58.5 Å². The van der Waals surface area contributed by atoms with E-state index in [2.05, 4.69) is 114 Å². The number of hydrogen-bond acceptors (Lipinski definition) is 4. The Bertz CT molecular complexity index is 1600. The normalized spacial score (nSPS) is 15.6. The smallest absolute Gasteiger partial charge is 0.124 e. The second kappa shape index (κ2) is 12.7. The Morgan fingerprint density at radius 2 is 1.61 bits per heavy atom. The van der Waals surface area contributed by atoms with Crippen LogP contribution in [0.3, 0.4) is 0 Å². The van der Waals surface area contributed by atoms with Crippen LogP contribution in [0.4, 0.5) is 0 Å². The van der Waals surface area contributed by atoms with E-state index in [1.165, 1.54) is 39.8 Å². The molecule has 0 amide bonds. The molecule has 1 fully saturated rings. The average molecular weight is 547 g/mol. The summed E-state index contributed by atoms with van der Waals surface area (Å²) in [6, 6.07) is 20.5. The van der Waals surface area contributed by atoms with Crippen molar-refractivity contribution in [1.82, 2.24) is 30.6 Å². The lowest BCUT2D eigenvalue weighted by molar-refractivity contribution is 0.518. The third kappa shape index (κ3) is 5.76. The van der Waals surface area contributed by atoms with E-state index in [0.29, 0.717) is 6.04 Å². The number of nitrogens with zero attached hydrogens (tertiary/aromatic N) is 2. The number of aromatic nitrogens is 4. The molecule has 2 unspecified atom stereocenters. The monoisotopic (exact) mass is 546 g/mol. The first-order valence-corrected chi connectivity index (χ1v) is 14.7. The van der Waals surface area contributed by atoms with Crippen LogP contribution in [0.15, 0.2) is 74.0 Å². The summed E-state index contributed by atoms with van der Waals surface area (Å²) >= 11 is 0. The first-order chi connectivity index (χ1) is 20.1. The Labute approximate surface area is 243 Å². The number of rotatable bonds is 8. The van der Waals surface area contributed by atoms with Crippen LogP contribution >= 0.6 is 0 Å². The van der Waals surface area contributed by atoms with Gasteiger partial charge in [-0.1, -0.05) is 55.8 Å². The second-order valence-electron chi connectivity index (χ2n) is 10.8. The van der Waals surface area contributed by atoms with E-state index >= 15 is 0 Å². The quantitative estimate of drug-likeness (QED) is 0.148. The SMILES string of the molecule is C=C.CCCC(NC)c1ncc(-c2ccc(-c3ccc(-c4ccc5nc(C6CCCN6)[nH]c5c4)c(C)c3C)cc2)[nH]1. The summed E-state index contributed by atoms with van der Waals surface area (Å²) < 4.78 is 0. The number of H-pyrrole nitrogens is 2. The Morgan fingerprint density at radius 3 is 2.27 bits per heavy atom. The lowest BCUT2D eigenvalue weighted by Gasteiger charge is -2.15. The maximum atomic E-state index is 4.85. The van der Waals surface area contributed by atoms with Gasteiger partial charge in [0, 0.05) is 0 Å². The largest absolute Gasteiger partial charge is 0.341 e.